The minimum absolute atomic E-state index is 0.388. The van der Waals surface area contributed by atoms with E-state index in [1.807, 2.05) is 7.11 Å². The van der Waals surface area contributed by atoms with E-state index in [1.165, 1.54) is 37.9 Å². The predicted molar refractivity (Wildman–Crippen MR) is 95.9 cm³/mol. The largest absolute Gasteiger partial charge is 0.501 e. The lowest BCUT2D eigenvalue weighted by Gasteiger charge is -2.55. The summed E-state index contributed by atoms with van der Waals surface area (Å²) >= 11 is 0. The molecule has 0 spiro atoms. The average Bonchev–Trinajstić information content (AvgIpc) is 3.00. The molecule has 0 heterocycles. The Hall–Kier alpha value is -0.980. The predicted octanol–water partition coefficient (Wildman–Crippen LogP) is 5.89. The summed E-state index contributed by atoms with van der Waals surface area (Å²) in [5, 5.41) is 0. The topological polar surface area (TPSA) is 9.23 Å². The molecule has 1 nitrogen and oxygen atoms in total. The van der Waals surface area contributed by atoms with Crippen molar-refractivity contribution in [3.8, 4) is 0 Å². The molecule has 126 valence electrons. The number of hydrogen-bond donors (Lipinski definition) is 0. The van der Waals surface area contributed by atoms with Crippen LogP contribution < -0.4 is 0 Å². The number of methoxy groups -OCH3 is 1. The van der Waals surface area contributed by atoms with Crippen LogP contribution in [-0.4, -0.2) is 7.11 Å². The van der Waals surface area contributed by atoms with Gasteiger partial charge in [-0.15, -0.1) is 0 Å². The van der Waals surface area contributed by atoms with Gasteiger partial charge in [-0.1, -0.05) is 38.5 Å². The van der Waals surface area contributed by atoms with E-state index in [0.29, 0.717) is 5.41 Å². The molecule has 4 rings (SSSR count). The molecule has 0 N–H and O–H groups in total. The van der Waals surface area contributed by atoms with Gasteiger partial charge in [-0.2, -0.15) is 0 Å². The Morgan fingerprint density at radius 2 is 2.00 bits per heavy atom. The Labute approximate surface area is 141 Å². The summed E-state index contributed by atoms with van der Waals surface area (Å²) in [5.41, 5.74) is 3.74. The van der Waals surface area contributed by atoms with Crippen LogP contribution in [0.3, 0.4) is 0 Å². The fraction of sp³-hybridized carbons (Fsp3) is 0.727. The van der Waals surface area contributed by atoms with Crippen molar-refractivity contribution in [3.63, 3.8) is 0 Å². The van der Waals surface area contributed by atoms with Crippen molar-refractivity contribution in [1.82, 2.24) is 0 Å². The van der Waals surface area contributed by atoms with Crippen LogP contribution in [-0.2, 0) is 4.74 Å². The van der Waals surface area contributed by atoms with E-state index in [-0.39, 0.29) is 0 Å². The maximum Gasteiger partial charge on any atom is 0.0958 e. The fourth-order valence-electron chi connectivity index (χ4n) is 6.60. The van der Waals surface area contributed by atoms with Crippen LogP contribution in [0.15, 0.2) is 35.1 Å². The molecule has 4 aliphatic rings. The zero-order valence-electron chi connectivity index (χ0n) is 15.3. The van der Waals surface area contributed by atoms with Crippen molar-refractivity contribution in [2.24, 2.45) is 35.0 Å². The molecule has 0 aromatic heterocycles. The van der Waals surface area contributed by atoms with Crippen LogP contribution >= 0.6 is 0 Å². The van der Waals surface area contributed by atoms with Crippen molar-refractivity contribution in [2.75, 3.05) is 7.11 Å². The van der Waals surface area contributed by atoms with Crippen molar-refractivity contribution < 1.29 is 4.74 Å². The molecule has 0 bridgehead atoms. The second-order valence-electron chi connectivity index (χ2n) is 8.67. The molecule has 1 heteroatoms. The highest BCUT2D eigenvalue weighted by Crippen LogP contribution is 2.62. The van der Waals surface area contributed by atoms with Gasteiger partial charge in [0.2, 0.25) is 0 Å². The van der Waals surface area contributed by atoms with E-state index in [1.54, 1.807) is 11.1 Å². The SMILES string of the molecule is CCC1=CCC2C3CC=C4C=C(OC)CC[C@]4(C)C3C[C@@H](C)C12. The summed E-state index contributed by atoms with van der Waals surface area (Å²) in [6.07, 6.45) is 15.2. The third kappa shape index (κ3) is 2.18. The third-order valence-electron chi connectivity index (χ3n) is 7.81. The van der Waals surface area contributed by atoms with Crippen LogP contribution in [0.4, 0.5) is 0 Å². The fourth-order valence-corrected chi connectivity index (χ4v) is 6.60. The zero-order chi connectivity index (χ0) is 16.2. The summed E-state index contributed by atoms with van der Waals surface area (Å²) in [4.78, 5) is 0. The first-order valence-corrected chi connectivity index (χ1v) is 9.72. The first-order valence-electron chi connectivity index (χ1n) is 9.72. The zero-order valence-corrected chi connectivity index (χ0v) is 15.3. The summed E-state index contributed by atoms with van der Waals surface area (Å²) in [5.74, 6) is 5.62. The minimum Gasteiger partial charge on any atom is -0.501 e. The van der Waals surface area contributed by atoms with Crippen LogP contribution in [0.1, 0.15) is 59.3 Å². The highest BCUT2D eigenvalue weighted by atomic mass is 16.5. The van der Waals surface area contributed by atoms with Gasteiger partial charge in [0.25, 0.3) is 0 Å². The van der Waals surface area contributed by atoms with E-state index in [0.717, 1.165) is 36.0 Å². The van der Waals surface area contributed by atoms with Crippen LogP contribution in [0.2, 0.25) is 0 Å². The second-order valence-corrected chi connectivity index (χ2v) is 8.67. The van der Waals surface area contributed by atoms with Gasteiger partial charge in [0.1, 0.15) is 0 Å². The quantitative estimate of drug-likeness (QED) is 0.577. The molecule has 0 radical (unpaired) electrons. The summed E-state index contributed by atoms with van der Waals surface area (Å²) < 4.78 is 5.55. The molecule has 6 atom stereocenters. The molecule has 0 aromatic carbocycles. The first kappa shape index (κ1) is 15.5. The highest BCUT2D eigenvalue weighted by Gasteiger charge is 2.53. The van der Waals surface area contributed by atoms with Gasteiger partial charge in [-0.25, -0.2) is 0 Å². The normalized spacial score (nSPS) is 45.2. The van der Waals surface area contributed by atoms with Crippen LogP contribution in [0, 0.1) is 35.0 Å². The Morgan fingerprint density at radius 3 is 2.74 bits per heavy atom. The van der Waals surface area contributed by atoms with Gasteiger partial charge in [-0.3, -0.25) is 0 Å². The molecule has 0 amide bonds. The van der Waals surface area contributed by atoms with E-state index in [4.69, 9.17) is 4.74 Å². The van der Waals surface area contributed by atoms with E-state index >= 15 is 0 Å². The average molecular weight is 312 g/mol. The van der Waals surface area contributed by atoms with Gasteiger partial charge in [0.05, 0.1) is 12.9 Å². The Balaban J connectivity index is 1.68. The number of ether oxygens (including phenoxy) is 1. The van der Waals surface area contributed by atoms with Crippen LogP contribution in [0.5, 0.6) is 0 Å². The van der Waals surface area contributed by atoms with Gasteiger partial charge in [0.15, 0.2) is 0 Å². The summed E-state index contributed by atoms with van der Waals surface area (Å²) in [6.45, 7) is 7.43. The lowest BCUT2D eigenvalue weighted by Crippen LogP contribution is -2.48. The first-order chi connectivity index (χ1) is 11.1. The molecule has 0 aliphatic heterocycles. The molecule has 23 heavy (non-hydrogen) atoms. The maximum absolute atomic E-state index is 5.55. The molecule has 4 unspecified atom stereocenters. The van der Waals surface area contributed by atoms with Crippen molar-refractivity contribution >= 4 is 0 Å². The molecule has 1 saturated carbocycles. The standard InChI is InChI=1S/C22H32O/c1-5-15-6-8-19-18-9-7-16-13-17(23-4)10-11-22(16,3)20(18)12-14(2)21(15)19/h6-7,13-14,18-21H,5,8-12H2,1-4H3/t14-,18?,19?,20?,21?,22+/m1/s1. The minimum atomic E-state index is 0.388. The number of hydrogen-bond acceptors (Lipinski definition) is 1. The van der Waals surface area contributed by atoms with Gasteiger partial charge in [-0.05, 0) is 78.8 Å². The van der Waals surface area contributed by atoms with Gasteiger partial charge >= 0.3 is 0 Å². The van der Waals surface area contributed by atoms with Gasteiger partial charge < -0.3 is 4.74 Å². The van der Waals surface area contributed by atoms with Crippen molar-refractivity contribution in [2.45, 2.75) is 59.3 Å². The van der Waals surface area contributed by atoms with Crippen LogP contribution in [0.25, 0.3) is 0 Å². The highest BCUT2D eigenvalue weighted by molar-refractivity contribution is 5.36. The molecule has 4 aliphatic carbocycles. The molecule has 0 saturated heterocycles. The van der Waals surface area contributed by atoms with E-state index in [2.05, 4.69) is 39.0 Å². The number of fused-ring (bicyclic) bond motifs is 5. The Kier molecular flexibility index (Phi) is 3.74. The van der Waals surface area contributed by atoms with E-state index in [9.17, 15) is 0 Å². The van der Waals surface area contributed by atoms with Gasteiger partial charge in [0, 0.05) is 6.42 Å². The third-order valence-corrected chi connectivity index (χ3v) is 7.81. The molecule has 0 aromatic rings. The Morgan fingerprint density at radius 1 is 1.22 bits per heavy atom. The summed E-state index contributed by atoms with van der Waals surface area (Å²) in [7, 11) is 1.82. The summed E-state index contributed by atoms with van der Waals surface area (Å²) in [6, 6.07) is 0. The molecular formula is C22H32O. The smallest absolute Gasteiger partial charge is 0.0958 e. The Bertz CT molecular complexity index is 581. The molecular weight excluding hydrogens is 280 g/mol. The molecule has 1 fully saturated rings. The maximum atomic E-state index is 5.55. The monoisotopic (exact) mass is 312 g/mol. The second kappa shape index (κ2) is 5.53. The van der Waals surface area contributed by atoms with Crippen molar-refractivity contribution in [3.05, 3.63) is 35.1 Å². The number of allylic oxidation sites excluding steroid dienone is 6. The van der Waals surface area contributed by atoms with E-state index < -0.39 is 0 Å². The lowest BCUT2D eigenvalue weighted by atomic mass is 9.49. The number of rotatable bonds is 2. The van der Waals surface area contributed by atoms with Crippen molar-refractivity contribution in [1.29, 1.82) is 0 Å². The lowest BCUT2D eigenvalue weighted by molar-refractivity contribution is -0.00359.